The summed E-state index contributed by atoms with van der Waals surface area (Å²) in [6.07, 6.45) is 4.12. The number of amides is 1. The molecule has 1 heterocycles. The first-order valence-electron chi connectivity index (χ1n) is 6.83. The maximum Gasteiger partial charge on any atom is 0.221 e. The van der Waals surface area contributed by atoms with Crippen LogP contribution >= 0.6 is 0 Å². The molecule has 0 aromatic carbocycles. The molecule has 1 aliphatic heterocycles. The lowest BCUT2D eigenvalue weighted by atomic mass is 10.1. The Hall–Kier alpha value is -0.610. The van der Waals surface area contributed by atoms with Gasteiger partial charge in [-0.3, -0.25) is 4.79 Å². The molecule has 4 nitrogen and oxygen atoms in total. The van der Waals surface area contributed by atoms with Crippen LogP contribution in [0.5, 0.6) is 0 Å². The molecule has 100 valence electrons. The SMILES string of the molecule is CCC(C)N(C)CCNC(=O)CC1CCCN1. The number of carbonyl (C=O) groups is 1. The van der Waals surface area contributed by atoms with Crippen LogP contribution in [0.15, 0.2) is 0 Å². The van der Waals surface area contributed by atoms with Gasteiger partial charge in [-0.25, -0.2) is 0 Å². The smallest absolute Gasteiger partial charge is 0.221 e. The van der Waals surface area contributed by atoms with Gasteiger partial charge in [0.25, 0.3) is 0 Å². The monoisotopic (exact) mass is 241 g/mol. The number of likely N-dealkylation sites (N-methyl/N-ethyl adjacent to an activating group) is 1. The van der Waals surface area contributed by atoms with Crippen molar-refractivity contribution in [1.29, 1.82) is 0 Å². The zero-order valence-corrected chi connectivity index (χ0v) is 11.5. The van der Waals surface area contributed by atoms with Crippen molar-refractivity contribution >= 4 is 5.91 Å². The average Bonchev–Trinajstić information content (AvgIpc) is 2.80. The lowest BCUT2D eigenvalue weighted by molar-refractivity contribution is -0.121. The Morgan fingerprint density at radius 2 is 2.35 bits per heavy atom. The van der Waals surface area contributed by atoms with Gasteiger partial charge in [0.05, 0.1) is 0 Å². The molecule has 0 aromatic rings. The maximum absolute atomic E-state index is 11.7. The van der Waals surface area contributed by atoms with Crippen LogP contribution in [-0.4, -0.2) is 49.6 Å². The summed E-state index contributed by atoms with van der Waals surface area (Å²) in [5, 5.41) is 6.34. The van der Waals surface area contributed by atoms with E-state index in [9.17, 15) is 4.79 Å². The van der Waals surface area contributed by atoms with Crippen molar-refractivity contribution < 1.29 is 4.79 Å². The van der Waals surface area contributed by atoms with Gasteiger partial charge in [-0.15, -0.1) is 0 Å². The van der Waals surface area contributed by atoms with Gasteiger partial charge in [-0.2, -0.15) is 0 Å². The Kier molecular flexibility index (Phi) is 6.52. The fourth-order valence-electron chi connectivity index (χ4n) is 2.13. The van der Waals surface area contributed by atoms with Gasteiger partial charge in [-0.1, -0.05) is 6.92 Å². The highest BCUT2D eigenvalue weighted by atomic mass is 16.1. The molecule has 17 heavy (non-hydrogen) atoms. The van der Waals surface area contributed by atoms with Crippen molar-refractivity contribution in [2.24, 2.45) is 0 Å². The molecular formula is C13H27N3O. The van der Waals surface area contributed by atoms with Crippen molar-refractivity contribution in [3.8, 4) is 0 Å². The van der Waals surface area contributed by atoms with E-state index in [1.807, 2.05) is 0 Å². The zero-order valence-electron chi connectivity index (χ0n) is 11.5. The van der Waals surface area contributed by atoms with Crippen LogP contribution in [0.1, 0.15) is 39.5 Å². The van der Waals surface area contributed by atoms with Gasteiger partial charge >= 0.3 is 0 Å². The third kappa shape index (κ3) is 5.50. The first-order valence-corrected chi connectivity index (χ1v) is 6.83. The van der Waals surface area contributed by atoms with E-state index in [4.69, 9.17) is 0 Å². The lowest BCUT2D eigenvalue weighted by Gasteiger charge is -2.23. The summed E-state index contributed by atoms with van der Waals surface area (Å²) in [5.74, 6) is 0.182. The average molecular weight is 241 g/mol. The molecule has 1 fully saturated rings. The Bertz CT molecular complexity index is 227. The molecule has 1 amide bonds. The molecule has 4 heteroatoms. The zero-order chi connectivity index (χ0) is 12.7. The highest BCUT2D eigenvalue weighted by Gasteiger charge is 2.17. The predicted octanol–water partition coefficient (Wildman–Crippen LogP) is 0.975. The van der Waals surface area contributed by atoms with E-state index in [2.05, 4.69) is 36.4 Å². The molecule has 0 aliphatic carbocycles. The largest absolute Gasteiger partial charge is 0.355 e. The van der Waals surface area contributed by atoms with Crippen LogP contribution in [0.4, 0.5) is 0 Å². The topological polar surface area (TPSA) is 44.4 Å². The van der Waals surface area contributed by atoms with Crippen molar-refractivity contribution in [2.45, 2.75) is 51.6 Å². The lowest BCUT2D eigenvalue weighted by Crippen LogP contribution is -2.38. The third-order valence-corrected chi connectivity index (χ3v) is 3.72. The van der Waals surface area contributed by atoms with Gasteiger partial charge in [0, 0.05) is 31.6 Å². The maximum atomic E-state index is 11.7. The fraction of sp³-hybridized carbons (Fsp3) is 0.923. The second-order valence-electron chi connectivity index (χ2n) is 5.09. The molecule has 0 aromatic heterocycles. The third-order valence-electron chi connectivity index (χ3n) is 3.72. The van der Waals surface area contributed by atoms with Crippen LogP contribution in [0.25, 0.3) is 0 Å². The molecular weight excluding hydrogens is 214 g/mol. The van der Waals surface area contributed by atoms with Gasteiger partial charge < -0.3 is 15.5 Å². The molecule has 2 atom stereocenters. The Labute approximate surface area is 105 Å². The van der Waals surface area contributed by atoms with Gasteiger partial charge in [0.2, 0.25) is 5.91 Å². The first-order chi connectivity index (χ1) is 8.13. The number of carbonyl (C=O) groups excluding carboxylic acids is 1. The first kappa shape index (κ1) is 14.5. The van der Waals surface area contributed by atoms with E-state index < -0.39 is 0 Å². The minimum absolute atomic E-state index is 0.182. The molecule has 0 saturated carbocycles. The van der Waals surface area contributed by atoms with Gasteiger partial charge in [0.15, 0.2) is 0 Å². The summed E-state index contributed by atoms with van der Waals surface area (Å²) in [6.45, 7) is 7.15. The molecule has 0 bridgehead atoms. The van der Waals surface area contributed by atoms with Crippen molar-refractivity contribution in [3.05, 3.63) is 0 Å². The summed E-state index contributed by atoms with van der Waals surface area (Å²) in [5.41, 5.74) is 0. The number of nitrogens with zero attached hydrogens (tertiary/aromatic N) is 1. The van der Waals surface area contributed by atoms with E-state index in [0.29, 0.717) is 18.5 Å². The molecule has 2 N–H and O–H groups in total. The fourth-order valence-corrected chi connectivity index (χ4v) is 2.13. The normalized spacial score (nSPS) is 21.8. The number of nitrogens with one attached hydrogen (secondary N) is 2. The highest BCUT2D eigenvalue weighted by Crippen LogP contribution is 2.08. The number of hydrogen-bond acceptors (Lipinski definition) is 3. The summed E-state index contributed by atoms with van der Waals surface area (Å²) >= 11 is 0. The number of hydrogen-bond donors (Lipinski definition) is 2. The van der Waals surface area contributed by atoms with Crippen LogP contribution < -0.4 is 10.6 Å². The molecule has 1 rings (SSSR count). The minimum atomic E-state index is 0.182. The van der Waals surface area contributed by atoms with Crippen LogP contribution in [0.2, 0.25) is 0 Å². The second-order valence-corrected chi connectivity index (χ2v) is 5.09. The van der Waals surface area contributed by atoms with Gasteiger partial charge in [0.1, 0.15) is 0 Å². The van der Waals surface area contributed by atoms with Crippen LogP contribution in [0.3, 0.4) is 0 Å². The molecule has 2 unspecified atom stereocenters. The van der Waals surface area contributed by atoms with E-state index >= 15 is 0 Å². The van der Waals surface area contributed by atoms with E-state index in [1.54, 1.807) is 0 Å². The van der Waals surface area contributed by atoms with Crippen molar-refractivity contribution in [3.63, 3.8) is 0 Å². The van der Waals surface area contributed by atoms with Crippen LogP contribution in [-0.2, 0) is 4.79 Å². The van der Waals surface area contributed by atoms with E-state index in [1.165, 1.54) is 6.42 Å². The molecule has 1 aliphatic rings. The summed E-state index contributed by atoms with van der Waals surface area (Å²) in [4.78, 5) is 13.9. The summed E-state index contributed by atoms with van der Waals surface area (Å²) in [6, 6.07) is 0.991. The minimum Gasteiger partial charge on any atom is -0.355 e. The summed E-state index contributed by atoms with van der Waals surface area (Å²) in [7, 11) is 2.11. The molecule has 1 saturated heterocycles. The Balaban J connectivity index is 2.07. The Morgan fingerprint density at radius 3 is 2.94 bits per heavy atom. The summed E-state index contributed by atoms with van der Waals surface area (Å²) < 4.78 is 0. The quantitative estimate of drug-likeness (QED) is 0.698. The van der Waals surface area contributed by atoms with Gasteiger partial charge in [-0.05, 0) is 39.8 Å². The Morgan fingerprint density at radius 1 is 1.59 bits per heavy atom. The highest BCUT2D eigenvalue weighted by molar-refractivity contribution is 5.76. The molecule has 0 spiro atoms. The molecule has 0 radical (unpaired) electrons. The van der Waals surface area contributed by atoms with Crippen molar-refractivity contribution in [1.82, 2.24) is 15.5 Å². The van der Waals surface area contributed by atoms with Crippen molar-refractivity contribution in [2.75, 3.05) is 26.7 Å². The number of rotatable bonds is 7. The van der Waals surface area contributed by atoms with Crippen LogP contribution in [0, 0.1) is 0 Å². The second kappa shape index (κ2) is 7.67. The van der Waals surface area contributed by atoms with E-state index in [0.717, 1.165) is 32.5 Å². The predicted molar refractivity (Wildman–Crippen MR) is 71.0 cm³/mol. The standard InChI is InChI=1S/C13H27N3O/c1-4-11(2)16(3)9-8-15-13(17)10-12-6-5-7-14-12/h11-12,14H,4-10H2,1-3H3,(H,15,17). The van der Waals surface area contributed by atoms with E-state index in [-0.39, 0.29) is 5.91 Å².